The molecular weight excluding hydrogens is 462 g/mol. The van der Waals surface area contributed by atoms with E-state index in [0.717, 1.165) is 44.0 Å². The lowest BCUT2D eigenvalue weighted by Crippen LogP contribution is -2.44. The van der Waals surface area contributed by atoms with Crippen molar-refractivity contribution in [3.8, 4) is 0 Å². The first kappa shape index (κ1) is 19.8. The van der Waals surface area contributed by atoms with Gasteiger partial charge in [0.25, 0.3) is 0 Å². The zero-order chi connectivity index (χ0) is 17.9. The molecule has 0 aliphatic carbocycles. The number of aliphatic imine (C=N–C) groups is 1. The van der Waals surface area contributed by atoms with E-state index in [2.05, 4.69) is 35.4 Å². The quantitative estimate of drug-likeness (QED) is 0.386. The molecule has 2 aromatic rings. The summed E-state index contributed by atoms with van der Waals surface area (Å²) < 4.78 is 16.1. The molecule has 10 heteroatoms. The van der Waals surface area contributed by atoms with Crippen LogP contribution in [0, 0.1) is 5.82 Å². The van der Waals surface area contributed by atoms with Crippen molar-refractivity contribution >= 4 is 35.8 Å². The maximum absolute atomic E-state index is 13.9. The number of hydrogen-bond donors (Lipinski definition) is 2. The van der Waals surface area contributed by atoms with E-state index in [-0.39, 0.29) is 35.8 Å². The molecule has 0 amide bonds. The summed E-state index contributed by atoms with van der Waals surface area (Å²) in [5.41, 5.74) is 0. The van der Waals surface area contributed by atoms with E-state index >= 15 is 0 Å². The Morgan fingerprint density at radius 3 is 3.07 bits per heavy atom. The molecule has 146 valence electrons. The van der Waals surface area contributed by atoms with Gasteiger partial charge in [-0.2, -0.15) is 0 Å². The van der Waals surface area contributed by atoms with E-state index in [9.17, 15) is 4.39 Å². The Balaban J connectivity index is 0.00000210. The maximum Gasteiger partial charge on any atom is 0.191 e. The van der Waals surface area contributed by atoms with Crippen LogP contribution in [0.15, 0.2) is 23.3 Å². The average Bonchev–Trinajstić information content (AvgIpc) is 3.37. The van der Waals surface area contributed by atoms with Gasteiger partial charge < -0.3 is 20.1 Å². The molecule has 1 unspecified atom stereocenters. The molecular formula is C17H24FIN8. The molecule has 2 aliphatic heterocycles. The molecule has 1 saturated heterocycles. The Hall–Kier alpha value is -1.98. The average molecular weight is 486 g/mol. The molecule has 8 nitrogen and oxygen atoms in total. The van der Waals surface area contributed by atoms with Crippen LogP contribution in [0.3, 0.4) is 0 Å². The lowest BCUT2D eigenvalue weighted by Gasteiger charge is -2.19. The van der Waals surface area contributed by atoms with Gasteiger partial charge >= 0.3 is 0 Å². The largest absolute Gasteiger partial charge is 0.352 e. The van der Waals surface area contributed by atoms with Gasteiger partial charge in [0.1, 0.15) is 5.82 Å². The van der Waals surface area contributed by atoms with Crippen molar-refractivity contribution in [1.82, 2.24) is 30.4 Å². The molecule has 1 atom stereocenters. The number of aryl methyl sites for hydroxylation is 1. The van der Waals surface area contributed by atoms with Gasteiger partial charge in [-0.3, -0.25) is 4.99 Å². The fourth-order valence-corrected chi connectivity index (χ4v) is 3.57. The fraction of sp³-hybridized carbons (Fsp3) is 0.529. The number of anilines is 1. The molecule has 2 aromatic heterocycles. The molecule has 27 heavy (non-hydrogen) atoms. The number of halogens is 2. The Labute approximate surface area is 174 Å². The third-order valence-corrected chi connectivity index (χ3v) is 4.89. The first-order valence-corrected chi connectivity index (χ1v) is 8.98. The van der Waals surface area contributed by atoms with Gasteiger partial charge in [-0.05, 0) is 25.0 Å². The number of fused-ring (bicyclic) bond motifs is 1. The summed E-state index contributed by atoms with van der Waals surface area (Å²) in [6.07, 6.45) is 4.66. The van der Waals surface area contributed by atoms with Crippen LogP contribution in [-0.4, -0.2) is 51.9 Å². The molecule has 2 aliphatic rings. The van der Waals surface area contributed by atoms with E-state index in [0.29, 0.717) is 24.9 Å². The summed E-state index contributed by atoms with van der Waals surface area (Å²) in [6, 6.07) is 3.24. The number of nitrogens with zero attached hydrogens (tertiary/aromatic N) is 6. The standard InChI is InChI=1S/C17H23FN8.HI/c1-19-17(21-10-15-24-23-14-5-3-8-26(14)15)22-12-6-9-25(11-12)16-13(18)4-2-7-20-16;/h2,4,7,12H,3,5-6,8-11H2,1H3,(H2,19,21,22);1H. The Kier molecular flexibility index (Phi) is 6.45. The minimum atomic E-state index is -0.281. The Morgan fingerprint density at radius 1 is 1.37 bits per heavy atom. The highest BCUT2D eigenvalue weighted by molar-refractivity contribution is 14.0. The molecule has 0 saturated carbocycles. The van der Waals surface area contributed by atoms with Crippen LogP contribution in [0.5, 0.6) is 0 Å². The van der Waals surface area contributed by atoms with E-state index in [1.54, 1.807) is 19.3 Å². The normalized spacial score (nSPS) is 19.0. The highest BCUT2D eigenvalue weighted by Gasteiger charge is 2.26. The Morgan fingerprint density at radius 2 is 2.26 bits per heavy atom. The summed E-state index contributed by atoms with van der Waals surface area (Å²) in [6.45, 7) is 3.02. The van der Waals surface area contributed by atoms with Crippen molar-refractivity contribution in [2.75, 3.05) is 25.0 Å². The lowest BCUT2D eigenvalue weighted by molar-refractivity contribution is 0.611. The summed E-state index contributed by atoms with van der Waals surface area (Å²) in [4.78, 5) is 10.4. The molecule has 4 heterocycles. The first-order valence-electron chi connectivity index (χ1n) is 8.98. The lowest BCUT2D eigenvalue weighted by atomic mass is 10.3. The van der Waals surface area contributed by atoms with Gasteiger partial charge in [0.15, 0.2) is 23.4 Å². The van der Waals surface area contributed by atoms with Gasteiger partial charge in [0, 0.05) is 45.3 Å². The monoisotopic (exact) mass is 486 g/mol. The van der Waals surface area contributed by atoms with Crippen LogP contribution < -0.4 is 15.5 Å². The number of hydrogen-bond acceptors (Lipinski definition) is 5. The highest BCUT2D eigenvalue weighted by Crippen LogP contribution is 2.20. The fourth-order valence-electron chi connectivity index (χ4n) is 3.57. The van der Waals surface area contributed by atoms with Crippen molar-refractivity contribution in [1.29, 1.82) is 0 Å². The van der Waals surface area contributed by atoms with Crippen molar-refractivity contribution < 1.29 is 4.39 Å². The van der Waals surface area contributed by atoms with E-state index < -0.39 is 0 Å². The second-order valence-electron chi connectivity index (χ2n) is 6.60. The second-order valence-corrected chi connectivity index (χ2v) is 6.60. The first-order chi connectivity index (χ1) is 12.7. The number of guanidine groups is 1. The second kappa shape index (κ2) is 8.81. The molecule has 0 aromatic carbocycles. The van der Waals surface area contributed by atoms with Gasteiger partial charge in [0.2, 0.25) is 0 Å². The van der Waals surface area contributed by atoms with Gasteiger partial charge in [0.05, 0.1) is 6.54 Å². The van der Waals surface area contributed by atoms with Gasteiger partial charge in [-0.15, -0.1) is 34.2 Å². The summed E-state index contributed by atoms with van der Waals surface area (Å²) in [5, 5.41) is 15.2. The van der Waals surface area contributed by atoms with Gasteiger partial charge in [-0.1, -0.05) is 0 Å². The van der Waals surface area contributed by atoms with Crippen LogP contribution in [0.4, 0.5) is 10.2 Å². The maximum atomic E-state index is 13.9. The molecule has 0 spiro atoms. The third kappa shape index (κ3) is 4.30. The van der Waals surface area contributed by atoms with Gasteiger partial charge in [-0.25, -0.2) is 9.37 Å². The van der Waals surface area contributed by atoms with E-state index in [1.165, 1.54) is 6.07 Å². The summed E-state index contributed by atoms with van der Waals surface area (Å²) in [7, 11) is 1.74. The van der Waals surface area contributed by atoms with Crippen molar-refractivity contribution in [2.45, 2.75) is 38.4 Å². The highest BCUT2D eigenvalue weighted by atomic mass is 127. The van der Waals surface area contributed by atoms with Crippen LogP contribution in [0.2, 0.25) is 0 Å². The summed E-state index contributed by atoms with van der Waals surface area (Å²) in [5.74, 6) is 2.85. The number of aromatic nitrogens is 4. The SMILES string of the molecule is CN=C(NCc1nnc2n1CCC2)NC1CCN(c2ncccc2F)C1.I. The zero-order valence-electron chi connectivity index (χ0n) is 15.2. The number of nitrogens with one attached hydrogen (secondary N) is 2. The molecule has 1 fully saturated rings. The smallest absolute Gasteiger partial charge is 0.191 e. The van der Waals surface area contributed by atoms with Crippen molar-refractivity contribution in [2.24, 2.45) is 4.99 Å². The number of rotatable bonds is 4. The molecule has 0 radical (unpaired) electrons. The van der Waals surface area contributed by atoms with Crippen LogP contribution >= 0.6 is 24.0 Å². The van der Waals surface area contributed by atoms with Crippen LogP contribution in [0.1, 0.15) is 24.5 Å². The molecule has 2 N–H and O–H groups in total. The van der Waals surface area contributed by atoms with Crippen molar-refractivity contribution in [3.05, 3.63) is 35.8 Å². The van der Waals surface area contributed by atoms with Crippen LogP contribution in [0.25, 0.3) is 0 Å². The van der Waals surface area contributed by atoms with E-state index in [1.807, 2.05) is 4.90 Å². The molecule has 4 rings (SSSR count). The minimum absolute atomic E-state index is 0. The minimum Gasteiger partial charge on any atom is -0.352 e. The number of pyridine rings is 1. The Bertz CT molecular complexity index is 808. The predicted octanol–water partition coefficient (Wildman–Crippen LogP) is 1.32. The van der Waals surface area contributed by atoms with Crippen molar-refractivity contribution in [3.63, 3.8) is 0 Å². The topological polar surface area (TPSA) is 83.3 Å². The van der Waals surface area contributed by atoms with Crippen LogP contribution in [-0.2, 0) is 19.5 Å². The summed E-state index contributed by atoms with van der Waals surface area (Å²) >= 11 is 0. The van der Waals surface area contributed by atoms with E-state index in [4.69, 9.17) is 0 Å². The molecule has 0 bridgehead atoms. The zero-order valence-corrected chi connectivity index (χ0v) is 17.6. The predicted molar refractivity (Wildman–Crippen MR) is 112 cm³/mol. The third-order valence-electron chi connectivity index (χ3n) is 4.89.